The highest BCUT2D eigenvalue weighted by atomic mass is 16.5. The average molecular weight is 288 g/mol. The Morgan fingerprint density at radius 3 is 2.81 bits per heavy atom. The molecule has 1 aliphatic heterocycles. The van der Waals surface area contributed by atoms with Gasteiger partial charge in [0.05, 0.1) is 6.61 Å². The summed E-state index contributed by atoms with van der Waals surface area (Å²) in [5.41, 5.74) is 6.35. The van der Waals surface area contributed by atoms with Gasteiger partial charge in [-0.1, -0.05) is 0 Å². The van der Waals surface area contributed by atoms with Crippen molar-refractivity contribution in [3.63, 3.8) is 0 Å². The Morgan fingerprint density at radius 1 is 1.24 bits per heavy atom. The lowest BCUT2D eigenvalue weighted by molar-refractivity contribution is 0.297. The zero-order valence-corrected chi connectivity index (χ0v) is 12.0. The quantitative estimate of drug-likeness (QED) is 0.667. The van der Waals surface area contributed by atoms with Crippen LogP contribution in [-0.2, 0) is 19.5 Å². The fourth-order valence-corrected chi connectivity index (χ4v) is 2.56. The molecule has 0 atom stereocenters. The Morgan fingerprint density at radius 2 is 2.05 bits per heavy atom. The second-order valence-electron chi connectivity index (χ2n) is 5.30. The van der Waals surface area contributed by atoms with Crippen molar-refractivity contribution < 1.29 is 4.74 Å². The molecule has 21 heavy (non-hydrogen) atoms. The van der Waals surface area contributed by atoms with Gasteiger partial charge in [-0.3, -0.25) is 4.57 Å². The van der Waals surface area contributed by atoms with Gasteiger partial charge in [0.25, 0.3) is 0 Å². The van der Waals surface area contributed by atoms with Crippen molar-refractivity contribution in [2.24, 2.45) is 0 Å². The summed E-state index contributed by atoms with van der Waals surface area (Å²) in [5.74, 6) is 1.71. The number of nitrogen functional groups attached to an aromatic ring is 1. The first-order chi connectivity index (χ1) is 10.2. The number of nitrogens with two attached hydrogens (primary N) is 1. The molecule has 0 bridgehead atoms. The van der Waals surface area contributed by atoms with Gasteiger partial charge in [0.15, 0.2) is 0 Å². The summed E-state index contributed by atoms with van der Waals surface area (Å²) in [6, 6.07) is 7.31. The Kier molecular flexibility index (Phi) is 3.94. The van der Waals surface area contributed by atoms with Gasteiger partial charge < -0.3 is 10.5 Å². The Bertz CT molecular complexity index is 657. The molecule has 0 fully saturated rings. The summed E-state index contributed by atoms with van der Waals surface area (Å²) in [4.78, 5) is 12.1. The van der Waals surface area contributed by atoms with E-state index in [4.69, 9.17) is 10.5 Å². The molecule has 2 aromatic rings. The second-order valence-corrected chi connectivity index (χ2v) is 5.30. The van der Waals surface area contributed by atoms with E-state index in [-0.39, 0.29) is 5.69 Å². The molecule has 3 rings (SSSR count). The molecule has 1 aromatic heterocycles. The van der Waals surface area contributed by atoms with Crippen LogP contribution >= 0.6 is 0 Å². The third-order valence-corrected chi connectivity index (χ3v) is 3.69. The maximum absolute atomic E-state index is 12.1. The maximum Gasteiger partial charge on any atom is 0.345 e. The predicted molar refractivity (Wildman–Crippen MR) is 80.4 cm³/mol. The summed E-state index contributed by atoms with van der Waals surface area (Å²) in [7, 11) is 0. The molecular weight excluding hydrogens is 268 g/mol. The van der Waals surface area contributed by atoms with Crippen LogP contribution in [0.4, 0.5) is 5.69 Å². The largest absolute Gasteiger partial charge is 0.494 e. The van der Waals surface area contributed by atoms with Crippen LogP contribution in [0.3, 0.4) is 0 Å². The molecule has 0 saturated carbocycles. The van der Waals surface area contributed by atoms with E-state index >= 15 is 0 Å². The van der Waals surface area contributed by atoms with Crippen molar-refractivity contribution in [1.82, 2.24) is 14.3 Å². The minimum Gasteiger partial charge on any atom is -0.494 e. The third kappa shape index (κ3) is 3.09. The molecule has 2 N–H and O–H groups in total. The SMILES string of the molecule is Nc1ccc(OCCCn2nc3n(c2=O)CCCC3)cc1. The molecule has 0 saturated heterocycles. The summed E-state index contributed by atoms with van der Waals surface area (Å²) < 4.78 is 8.98. The van der Waals surface area contributed by atoms with Gasteiger partial charge in [0.2, 0.25) is 0 Å². The highest BCUT2D eigenvalue weighted by Gasteiger charge is 2.16. The number of hydrogen-bond donors (Lipinski definition) is 1. The third-order valence-electron chi connectivity index (χ3n) is 3.69. The van der Waals surface area contributed by atoms with E-state index in [2.05, 4.69) is 5.10 Å². The van der Waals surface area contributed by atoms with Crippen LogP contribution in [0.2, 0.25) is 0 Å². The molecule has 2 heterocycles. The molecule has 0 amide bonds. The first kappa shape index (κ1) is 13.7. The smallest absolute Gasteiger partial charge is 0.345 e. The Hall–Kier alpha value is -2.24. The van der Waals surface area contributed by atoms with Crippen molar-refractivity contribution in [2.75, 3.05) is 12.3 Å². The van der Waals surface area contributed by atoms with Crippen molar-refractivity contribution in [2.45, 2.75) is 38.8 Å². The molecule has 1 aliphatic rings. The number of nitrogens with zero attached hydrogens (tertiary/aromatic N) is 3. The van der Waals surface area contributed by atoms with Crippen molar-refractivity contribution in [3.8, 4) is 5.75 Å². The Balaban J connectivity index is 1.53. The van der Waals surface area contributed by atoms with E-state index in [1.807, 2.05) is 24.3 Å². The number of aromatic nitrogens is 3. The minimum atomic E-state index is 0.0113. The van der Waals surface area contributed by atoms with Crippen molar-refractivity contribution in [1.29, 1.82) is 0 Å². The van der Waals surface area contributed by atoms with Gasteiger partial charge >= 0.3 is 5.69 Å². The lowest BCUT2D eigenvalue weighted by Crippen LogP contribution is -2.27. The van der Waals surface area contributed by atoms with Crippen LogP contribution < -0.4 is 16.2 Å². The number of rotatable bonds is 5. The van der Waals surface area contributed by atoms with Gasteiger partial charge in [-0.2, -0.15) is 5.10 Å². The summed E-state index contributed by atoms with van der Waals surface area (Å²) >= 11 is 0. The summed E-state index contributed by atoms with van der Waals surface area (Å²) in [6.07, 6.45) is 3.85. The zero-order valence-electron chi connectivity index (χ0n) is 12.0. The number of hydrogen-bond acceptors (Lipinski definition) is 4. The summed E-state index contributed by atoms with van der Waals surface area (Å²) in [5, 5.41) is 4.40. The second kappa shape index (κ2) is 6.03. The molecule has 0 aliphatic carbocycles. The molecule has 6 nitrogen and oxygen atoms in total. The van der Waals surface area contributed by atoms with Gasteiger partial charge in [0, 0.05) is 31.6 Å². The van der Waals surface area contributed by atoms with Crippen LogP contribution in [0, 0.1) is 0 Å². The van der Waals surface area contributed by atoms with Crippen molar-refractivity contribution in [3.05, 3.63) is 40.6 Å². The zero-order chi connectivity index (χ0) is 14.7. The van der Waals surface area contributed by atoms with Crippen LogP contribution in [0.1, 0.15) is 25.1 Å². The Labute approximate surface area is 123 Å². The molecule has 0 unspecified atom stereocenters. The maximum atomic E-state index is 12.1. The van der Waals surface area contributed by atoms with Crippen LogP contribution in [0.5, 0.6) is 5.75 Å². The molecule has 1 aromatic carbocycles. The van der Waals surface area contributed by atoms with Gasteiger partial charge in [0.1, 0.15) is 11.6 Å². The topological polar surface area (TPSA) is 75.1 Å². The van der Waals surface area contributed by atoms with Crippen LogP contribution in [0.25, 0.3) is 0 Å². The van der Waals surface area contributed by atoms with Gasteiger partial charge in [-0.15, -0.1) is 0 Å². The lowest BCUT2D eigenvalue weighted by atomic mass is 10.2. The minimum absolute atomic E-state index is 0.0113. The lowest BCUT2D eigenvalue weighted by Gasteiger charge is -2.09. The number of anilines is 1. The van der Waals surface area contributed by atoms with Gasteiger partial charge in [-0.05, 0) is 37.1 Å². The molecule has 0 radical (unpaired) electrons. The van der Waals surface area contributed by atoms with E-state index in [1.165, 1.54) is 0 Å². The van der Waals surface area contributed by atoms with E-state index in [9.17, 15) is 4.79 Å². The molecule has 6 heteroatoms. The van der Waals surface area contributed by atoms with E-state index in [1.54, 1.807) is 9.25 Å². The highest BCUT2D eigenvalue weighted by molar-refractivity contribution is 5.41. The first-order valence-corrected chi connectivity index (χ1v) is 7.39. The highest BCUT2D eigenvalue weighted by Crippen LogP contribution is 2.13. The fourth-order valence-electron chi connectivity index (χ4n) is 2.56. The fraction of sp³-hybridized carbons (Fsp3) is 0.467. The van der Waals surface area contributed by atoms with Crippen LogP contribution in [-0.4, -0.2) is 21.0 Å². The number of ether oxygens (including phenoxy) is 1. The molecule has 112 valence electrons. The van der Waals surface area contributed by atoms with Crippen molar-refractivity contribution >= 4 is 5.69 Å². The monoisotopic (exact) mass is 288 g/mol. The first-order valence-electron chi connectivity index (χ1n) is 7.39. The van der Waals surface area contributed by atoms with Crippen LogP contribution in [0.15, 0.2) is 29.1 Å². The number of aryl methyl sites for hydroxylation is 2. The van der Waals surface area contributed by atoms with Gasteiger partial charge in [-0.25, -0.2) is 9.48 Å². The average Bonchev–Trinajstić information content (AvgIpc) is 2.82. The molecular formula is C15H20N4O2. The normalized spacial score (nSPS) is 13.9. The molecule has 0 spiro atoms. The van der Waals surface area contributed by atoms with E-state index in [0.29, 0.717) is 13.2 Å². The summed E-state index contributed by atoms with van der Waals surface area (Å²) in [6.45, 7) is 1.95. The van der Waals surface area contributed by atoms with E-state index < -0.39 is 0 Å². The standard InChI is InChI=1S/C15H20N4O2/c16-12-5-7-13(8-6-12)21-11-3-10-19-15(20)18-9-2-1-4-14(18)17-19/h5-8H,1-4,9-11,16H2. The van der Waals surface area contributed by atoms with E-state index in [0.717, 1.165) is 49.5 Å². The number of fused-ring (bicyclic) bond motifs is 1. The predicted octanol–water partition coefficient (Wildman–Crippen LogP) is 1.43. The number of benzene rings is 1.